The Kier molecular flexibility index (Phi) is 3.88. The van der Waals surface area contributed by atoms with Crippen molar-refractivity contribution in [2.45, 2.75) is 19.4 Å². The van der Waals surface area contributed by atoms with Crippen LogP contribution in [0.1, 0.15) is 30.6 Å². The molecule has 2 aromatic heterocycles. The van der Waals surface area contributed by atoms with Gasteiger partial charge in [0.1, 0.15) is 0 Å². The number of nitrogens with zero attached hydrogens (tertiary/aromatic N) is 3. The van der Waals surface area contributed by atoms with Gasteiger partial charge in [-0.05, 0) is 25.1 Å². The molecule has 0 aliphatic rings. The van der Waals surface area contributed by atoms with Gasteiger partial charge in [-0.1, -0.05) is 13.0 Å². The van der Waals surface area contributed by atoms with Crippen LogP contribution in [0.3, 0.4) is 0 Å². The molecule has 0 amide bonds. The van der Waals surface area contributed by atoms with Crippen LogP contribution in [0.5, 0.6) is 0 Å². The molecule has 0 spiro atoms. The van der Waals surface area contributed by atoms with E-state index in [9.17, 15) is 0 Å². The van der Waals surface area contributed by atoms with Crippen molar-refractivity contribution in [3.63, 3.8) is 0 Å². The summed E-state index contributed by atoms with van der Waals surface area (Å²) in [6, 6.07) is 6.12. The highest BCUT2D eigenvalue weighted by Crippen LogP contribution is 2.19. The maximum Gasteiger partial charge on any atom is 0.0782 e. The van der Waals surface area contributed by atoms with E-state index < -0.39 is 0 Å². The molecule has 2 heterocycles. The second-order valence-electron chi connectivity index (χ2n) is 4.09. The molecule has 0 radical (unpaired) electrons. The highest BCUT2D eigenvalue weighted by Gasteiger charge is 2.15. The lowest BCUT2D eigenvalue weighted by molar-refractivity contribution is 0.586. The third-order valence-corrected chi connectivity index (χ3v) is 2.64. The van der Waals surface area contributed by atoms with Gasteiger partial charge >= 0.3 is 0 Å². The quantitative estimate of drug-likeness (QED) is 0.853. The van der Waals surface area contributed by atoms with E-state index in [1.807, 2.05) is 48.5 Å². The minimum atomic E-state index is 0.129. The van der Waals surface area contributed by atoms with Crippen LogP contribution in [0.2, 0.25) is 0 Å². The lowest BCUT2D eigenvalue weighted by atomic mass is 10.1. The standard InChI is InChI=1S/C13H18N4/c1-3-7-15-13(11-9-16-17(2)10-11)12-6-4-5-8-14-12/h4-6,8-10,13,15H,3,7H2,1-2H3. The van der Waals surface area contributed by atoms with Gasteiger partial charge in [-0.25, -0.2) is 0 Å². The Labute approximate surface area is 102 Å². The molecule has 1 unspecified atom stereocenters. The molecule has 4 nitrogen and oxygen atoms in total. The summed E-state index contributed by atoms with van der Waals surface area (Å²) in [4.78, 5) is 4.42. The zero-order valence-electron chi connectivity index (χ0n) is 10.3. The number of pyridine rings is 1. The Bertz CT molecular complexity index is 449. The molecule has 0 fully saturated rings. The van der Waals surface area contributed by atoms with Crippen molar-refractivity contribution in [3.8, 4) is 0 Å². The van der Waals surface area contributed by atoms with Crippen molar-refractivity contribution in [1.29, 1.82) is 0 Å². The Balaban J connectivity index is 2.25. The van der Waals surface area contributed by atoms with E-state index in [0.717, 1.165) is 24.2 Å². The first-order valence-corrected chi connectivity index (χ1v) is 5.94. The topological polar surface area (TPSA) is 42.7 Å². The van der Waals surface area contributed by atoms with E-state index >= 15 is 0 Å². The third kappa shape index (κ3) is 2.91. The molecule has 4 heteroatoms. The average molecular weight is 230 g/mol. The van der Waals surface area contributed by atoms with Gasteiger partial charge in [-0.15, -0.1) is 0 Å². The molecule has 0 aliphatic heterocycles. The van der Waals surface area contributed by atoms with Crippen molar-refractivity contribution in [1.82, 2.24) is 20.1 Å². The summed E-state index contributed by atoms with van der Waals surface area (Å²) in [5, 5.41) is 7.72. The summed E-state index contributed by atoms with van der Waals surface area (Å²) in [6.07, 6.45) is 6.85. The summed E-state index contributed by atoms with van der Waals surface area (Å²) in [5.74, 6) is 0. The summed E-state index contributed by atoms with van der Waals surface area (Å²) in [5.41, 5.74) is 2.19. The lowest BCUT2D eigenvalue weighted by Gasteiger charge is -2.16. The first kappa shape index (κ1) is 11.8. The predicted octanol–water partition coefficient (Wildman–Crippen LogP) is 1.90. The van der Waals surface area contributed by atoms with Gasteiger partial charge < -0.3 is 5.32 Å². The van der Waals surface area contributed by atoms with Crippen LogP contribution in [0, 0.1) is 0 Å². The van der Waals surface area contributed by atoms with Crippen molar-refractivity contribution >= 4 is 0 Å². The Morgan fingerprint density at radius 3 is 2.88 bits per heavy atom. The molecule has 0 saturated carbocycles. The van der Waals surface area contributed by atoms with Crippen molar-refractivity contribution < 1.29 is 0 Å². The fourth-order valence-electron chi connectivity index (χ4n) is 1.82. The first-order valence-electron chi connectivity index (χ1n) is 5.94. The molecular weight excluding hydrogens is 212 g/mol. The SMILES string of the molecule is CCCNC(c1cnn(C)c1)c1ccccn1. The summed E-state index contributed by atoms with van der Waals surface area (Å²) in [6.45, 7) is 3.13. The molecule has 90 valence electrons. The smallest absolute Gasteiger partial charge is 0.0782 e. The predicted molar refractivity (Wildman–Crippen MR) is 67.6 cm³/mol. The highest BCUT2D eigenvalue weighted by molar-refractivity contribution is 5.23. The van der Waals surface area contributed by atoms with Crippen LogP contribution < -0.4 is 5.32 Å². The van der Waals surface area contributed by atoms with E-state index in [1.54, 1.807) is 0 Å². The van der Waals surface area contributed by atoms with Gasteiger partial charge in [0, 0.05) is 25.0 Å². The molecule has 0 aromatic carbocycles. The van der Waals surface area contributed by atoms with Crippen LogP contribution >= 0.6 is 0 Å². The third-order valence-electron chi connectivity index (χ3n) is 2.64. The summed E-state index contributed by atoms with van der Waals surface area (Å²) >= 11 is 0. The normalized spacial score (nSPS) is 12.6. The van der Waals surface area contributed by atoms with Gasteiger partial charge in [0.2, 0.25) is 0 Å². The minimum Gasteiger partial charge on any atom is -0.305 e. The van der Waals surface area contributed by atoms with Crippen molar-refractivity contribution in [2.75, 3.05) is 6.54 Å². The second kappa shape index (κ2) is 5.59. The van der Waals surface area contributed by atoms with E-state index in [1.165, 1.54) is 0 Å². The lowest BCUT2D eigenvalue weighted by Crippen LogP contribution is -2.23. The van der Waals surface area contributed by atoms with Gasteiger partial charge in [0.25, 0.3) is 0 Å². The molecule has 0 saturated heterocycles. The monoisotopic (exact) mass is 230 g/mol. The number of aryl methyl sites for hydroxylation is 1. The summed E-state index contributed by atoms with van der Waals surface area (Å²) in [7, 11) is 1.93. The Morgan fingerprint density at radius 1 is 1.41 bits per heavy atom. The fourth-order valence-corrected chi connectivity index (χ4v) is 1.82. The summed E-state index contributed by atoms with van der Waals surface area (Å²) < 4.78 is 1.82. The number of nitrogens with one attached hydrogen (secondary N) is 1. The molecular formula is C13H18N4. The zero-order chi connectivity index (χ0) is 12.1. The molecule has 0 bridgehead atoms. The van der Waals surface area contributed by atoms with Gasteiger partial charge in [-0.3, -0.25) is 9.67 Å². The van der Waals surface area contributed by atoms with E-state index in [4.69, 9.17) is 0 Å². The number of hydrogen-bond acceptors (Lipinski definition) is 3. The zero-order valence-corrected chi connectivity index (χ0v) is 10.3. The fraction of sp³-hybridized carbons (Fsp3) is 0.385. The Hall–Kier alpha value is -1.68. The minimum absolute atomic E-state index is 0.129. The molecule has 0 aliphatic carbocycles. The largest absolute Gasteiger partial charge is 0.305 e. The van der Waals surface area contributed by atoms with E-state index in [2.05, 4.69) is 22.3 Å². The maximum atomic E-state index is 4.42. The van der Waals surface area contributed by atoms with Crippen LogP contribution in [0.15, 0.2) is 36.8 Å². The van der Waals surface area contributed by atoms with Gasteiger partial charge in [0.05, 0.1) is 17.9 Å². The van der Waals surface area contributed by atoms with E-state index in [0.29, 0.717) is 0 Å². The maximum absolute atomic E-state index is 4.42. The van der Waals surface area contributed by atoms with Crippen molar-refractivity contribution in [3.05, 3.63) is 48.0 Å². The Morgan fingerprint density at radius 2 is 2.29 bits per heavy atom. The van der Waals surface area contributed by atoms with Crippen LogP contribution in [-0.2, 0) is 7.05 Å². The number of hydrogen-bond donors (Lipinski definition) is 1. The molecule has 17 heavy (non-hydrogen) atoms. The molecule has 2 aromatic rings. The molecule has 1 N–H and O–H groups in total. The molecule has 2 rings (SSSR count). The van der Waals surface area contributed by atoms with Gasteiger partial charge in [0.15, 0.2) is 0 Å². The number of aromatic nitrogens is 3. The van der Waals surface area contributed by atoms with Crippen LogP contribution in [0.25, 0.3) is 0 Å². The van der Waals surface area contributed by atoms with Crippen LogP contribution in [-0.4, -0.2) is 21.3 Å². The van der Waals surface area contributed by atoms with E-state index in [-0.39, 0.29) is 6.04 Å². The first-order chi connectivity index (χ1) is 8.31. The van der Waals surface area contributed by atoms with Crippen LogP contribution in [0.4, 0.5) is 0 Å². The van der Waals surface area contributed by atoms with Gasteiger partial charge in [-0.2, -0.15) is 5.10 Å². The average Bonchev–Trinajstić information content (AvgIpc) is 2.78. The number of rotatable bonds is 5. The second-order valence-corrected chi connectivity index (χ2v) is 4.09. The molecule has 1 atom stereocenters. The van der Waals surface area contributed by atoms with Crippen molar-refractivity contribution in [2.24, 2.45) is 7.05 Å². The highest BCUT2D eigenvalue weighted by atomic mass is 15.2.